The van der Waals surface area contributed by atoms with Crippen molar-refractivity contribution in [3.05, 3.63) is 46.6 Å². The van der Waals surface area contributed by atoms with E-state index < -0.39 is 0 Å². The Labute approximate surface area is 126 Å². The van der Waals surface area contributed by atoms with E-state index in [4.69, 9.17) is 20.9 Å². The van der Waals surface area contributed by atoms with Crippen LogP contribution in [0.15, 0.2) is 29.0 Å². The second kappa shape index (κ2) is 5.83. The van der Waals surface area contributed by atoms with Crippen LogP contribution >= 0.6 is 11.6 Å². The third-order valence-corrected chi connectivity index (χ3v) is 3.72. The first-order valence-electron chi connectivity index (χ1n) is 6.58. The Kier molecular flexibility index (Phi) is 3.90. The van der Waals surface area contributed by atoms with Crippen LogP contribution in [0.25, 0.3) is 0 Å². The lowest BCUT2D eigenvalue weighted by Crippen LogP contribution is -2.43. The number of nitrogens with zero attached hydrogens (tertiary/aromatic N) is 3. The summed E-state index contributed by atoms with van der Waals surface area (Å²) in [7, 11) is 0. The number of carbonyl (C=O) groups is 1. The number of carbonyl (C=O) groups excluding carboxylic acids is 1. The normalized spacial score (nSPS) is 18.8. The molecule has 0 radical (unpaired) electrons. The average molecular weight is 308 g/mol. The van der Waals surface area contributed by atoms with Gasteiger partial charge in [0.25, 0.3) is 11.8 Å². The molecule has 0 N–H and O–H groups in total. The Morgan fingerprint density at radius 3 is 3.05 bits per heavy atom. The highest BCUT2D eigenvalue weighted by atomic mass is 35.5. The van der Waals surface area contributed by atoms with Gasteiger partial charge in [-0.05, 0) is 24.6 Å². The molecule has 1 fully saturated rings. The predicted molar refractivity (Wildman–Crippen MR) is 75.1 cm³/mol. The summed E-state index contributed by atoms with van der Waals surface area (Å²) in [6, 6.07) is 4.99. The molecule has 0 saturated carbocycles. The fourth-order valence-corrected chi connectivity index (χ4v) is 2.64. The minimum absolute atomic E-state index is 0.161. The first-order chi connectivity index (χ1) is 10.2. The second-order valence-electron chi connectivity index (χ2n) is 4.85. The Balaban J connectivity index is 1.91. The van der Waals surface area contributed by atoms with Gasteiger partial charge >= 0.3 is 0 Å². The molecular formula is C14H14ClN3O3. The highest BCUT2D eigenvalue weighted by molar-refractivity contribution is 6.33. The van der Waals surface area contributed by atoms with E-state index in [1.54, 1.807) is 17.0 Å². The zero-order valence-electron chi connectivity index (χ0n) is 11.5. The molecular weight excluding hydrogens is 294 g/mol. The van der Waals surface area contributed by atoms with Gasteiger partial charge in [0.05, 0.1) is 23.8 Å². The van der Waals surface area contributed by atoms with Crippen LogP contribution in [-0.2, 0) is 4.74 Å². The zero-order chi connectivity index (χ0) is 14.8. The molecule has 6 nitrogen and oxygen atoms in total. The van der Waals surface area contributed by atoms with Crippen LogP contribution in [0.4, 0.5) is 0 Å². The molecule has 1 aliphatic rings. The van der Waals surface area contributed by atoms with Crippen molar-refractivity contribution in [1.29, 1.82) is 0 Å². The van der Waals surface area contributed by atoms with Gasteiger partial charge in [-0.1, -0.05) is 22.8 Å². The molecule has 1 amide bonds. The summed E-state index contributed by atoms with van der Waals surface area (Å²) in [5, 5.41) is 4.03. The molecule has 21 heavy (non-hydrogen) atoms. The molecule has 1 unspecified atom stereocenters. The van der Waals surface area contributed by atoms with Crippen molar-refractivity contribution >= 4 is 17.5 Å². The molecule has 0 aliphatic carbocycles. The highest BCUT2D eigenvalue weighted by Gasteiger charge is 2.33. The zero-order valence-corrected chi connectivity index (χ0v) is 12.2. The first-order valence-corrected chi connectivity index (χ1v) is 6.96. The third-order valence-electron chi connectivity index (χ3n) is 3.41. The summed E-state index contributed by atoms with van der Waals surface area (Å²) in [6.07, 6.45) is 1.31. The molecule has 0 bridgehead atoms. The first kappa shape index (κ1) is 14.0. The molecule has 1 aromatic heterocycles. The van der Waals surface area contributed by atoms with Gasteiger partial charge in [0.1, 0.15) is 6.04 Å². The van der Waals surface area contributed by atoms with Crippen LogP contribution in [0.3, 0.4) is 0 Å². The van der Waals surface area contributed by atoms with Crippen molar-refractivity contribution in [3.63, 3.8) is 0 Å². The number of morpholine rings is 1. The topological polar surface area (TPSA) is 68.5 Å². The van der Waals surface area contributed by atoms with E-state index in [1.165, 1.54) is 6.33 Å². The lowest BCUT2D eigenvalue weighted by atomic mass is 10.1. The van der Waals surface area contributed by atoms with Gasteiger partial charge in [-0.2, -0.15) is 4.98 Å². The van der Waals surface area contributed by atoms with Crippen molar-refractivity contribution in [3.8, 4) is 0 Å². The number of rotatable bonds is 2. The van der Waals surface area contributed by atoms with Crippen LogP contribution in [0.1, 0.15) is 27.9 Å². The van der Waals surface area contributed by atoms with E-state index in [-0.39, 0.29) is 11.9 Å². The molecule has 2 heterocycles. The Hall–Kier alpha value is -1.92. The van der Waals surface area contributed by atoms with E-state index in [0.29, 0.717) is 36.2 Å². The van der Waals surface area contributed by atoms with Gasteiger partial charge in [-0.3, -0.25) is 4.79 Å². The van der Waals surface area contributed by atoms with Crippen LogP contribution in [0.5, 0.6) is 0 Å². The predicted octanol–water partition coefficient (Wildman–Crippen LogP) is 2.25. The number of hydrogen-bond acceptors (Lipinski definition) is 5. The quantitative estimate of drug-likeness (QED) is 0.851. The maximum Gasteiger partial charge on any atom is 0.256 e. The molecule has 110 valence electrons. The minimum atomic E-state index is -0.383. The van der Waals surface area contributed by atoms with Crippen molar-refractivity contribution in [2.24, 2.45) is 0 Å². The molecule has 3 rings (SSSR count). The van der Waals surface area contributed by atoms with Crippen LogP contribution < -0.4 is 0 Å². The fourth-order valence-electron chi connectivity index (χ4n) is 2.33. The van der Waals surface area contributed by atoms with E-state index >= 15 is 0 Å². The average Bonchev–Trinajstić information content (AvgIpc) is 3.01. The van der Waals surface area contributed by atoms with Gasteiger partial charge in [0, 0.05) is 6.54 Å². The van der Waals surface area contributed by atoms with E-state index in [2.05, 4.69) is 10.1 Å². The summed E-state index contributed by atoms with van der Waals surface area (Å²) >= 11 is 6.19. The van der Waals surface area contributed by atoms with Crippen LogP contribution in [0, 0.1) is 6.92 Å². The second-order valence-corrected chi connectivity index (χ2v) is 5.26. The number of hydrogen-bond donors (Lipinski definition) is 0. The van der Waals surface area contributed by atoms with Gasteiger partial charge in [0.15, 0.2) is 6.33 Å². The van der Waals surface area contributed by atoms with Crippen molar-refractivity contribution in [1.82, 2.24) is 15.0 Å². The number of aryl methyl sites for hydroxylation is 1. The number of aromatic nitrogens is 2. The third kappa shape index (κ3) is 2.77. The summed E-state index contributed by atoms with van der Waals surface area (Å²) in [5.41, 5.74) is 1.47. The standard InChI is InChI=1S/C14H14ClN3O3/c1-9-2-3-10(11(15)6-9)14(19)18-4-5-20-7-12(18)13-16-8-17-21-13/h2-3,6,8,12H,4-5,7H2,1H3. The van der Waals surface area contributed by atoms with Gasteiger partial charge in [0.2, 0.25) is 0 Å². The number of amides is 1. The van der Waals surface area contributed by atoms with Gasteiger partial charge in [-0.25, -0.2) is 0 Å². The fraction of sp³-hybridized carbons (Fsp3) is 0.357. The Morgan fingerprint density at radius 1 is 1.48 bits per heavy atom. The molecule has 0 spiro atoms. The van der Waals surface area contributed by atoms with Gasteiger partial charge < -0.3 is 14.2 Å². The molecule has 1 aromatic carbocycles. The number of halogens is 1. The summed E-state index contributed by atoms with van der Waals surface area (Å²) in [6.45, 7) is 3.18. The minimum Gasteiger partial charge on any atom is -0.377 e. The van der Waals surface area contributed by atoms with E-state index in [0.717, 1.165) is 5.56 Å². The lowest BCUT2D eigenvalue weighted by molar-refractivity contribution is -0.0119. The largest absolute Gasteiger partial charge is 0.377 e. The number of benzene rings is 1. The van der Waals surface area contributed by atoms with Crippen molar-refractivity contribution in [2.45, 2.75) is 13.0 Å². The highest BCUT2D eigenvalue weighted by Crippen LogP contribution is 2.27. The van der Waals surface area contributed by atoms with Crippen molar-refractivity contribution in [2.75, 3.05) is 19.8 Å². The van der Waals surface area contributed by atoms with E-state index in [9.17, 15) is 4.79 Å². The molecule has 1 aliphatic heterocycles. The maximum absolute atomic E-state index is 12.7. The molecule has 1 atom stereocenters. The molecule has 7 heteroatoms. The summed E-state index contributed by atoms with van der Waals surface area (Å²) < 4.78 is 10.5. The van der Waals surface area contributed by atoms with Crippen LogP contribution in [-0.4, -0.2) is 40.7 Å². The Bertz CT molecular complexity index is 645. The summed E-state index contributed by atoms with van der Waals surface area (Å²) in [4.78, 5) is 18.4. The van der Waals surface area contributed by atoms with Gasteiger partial charge in [-0.15, -0.1) is 0 Å². The maximum atomic E-state index is 12.7. The molecule has 2 aromatic rings. The molecule has 1 saturated heterocycles. The van der Waals surface area contributed by atoms with Crippen molar-refractivity contribution < 1.29 is 14.1 Å². The SMILES string of the molecule is Cc1ccc(C(=O)N2CCOCC2c2ncno2)c(Cl)c1. The lowest BCUT2D eigenvalue weighted by Gasteiger charge is -2.33. The monoisotopic (exact) mass is 307 g/mol. The smallest absolute Gasteiger partial charge is 0.256 e. The Morgan fingerprint density at radius 2 is 2.33 bits per heavy atom. The summed E-state index contributed by atoms with van der Waals surface area (Å²) in [5.74, 6) is 0.206. The number of ether oxygens (including phenoxy) is 1. The van der Waals surface area contributed by atoms with Crippen LogP contribution in [0.2, 0.25) is 5.02 Å². The van der Waals surface area contributed by atoms with E-state index in [1.807, 2.05) is 13.0 Å².